The topological polar surface area (TPSA) is 93.4 Å². The predicted octanol–water partition coefficient (Wildman–Crippen LogP) is 4.48. The molecule has 1 atom stereocenters. The maximum absolute atomic E-state index is 14.2. The van der Waals surface area contributed by atoms with Crippen LogP contribution in [-0.2, 0) is 27.5 Å². The predicted molar refractivity (Wildman–Crippen MR) is 119 cm³/mol. The van der Waals surface area contributed by atoms with E-state index in [0.717, 1.165) is 35.0 Å². The summed E-state index contributed by atoms with van der Waals surface area (Å²) in [6.07, 6.45) is -2.79. The average molecular weight is 516 g/mol. The number of hydrogen-bond donors (Lipinski definition) is 1. The monoisotopic (exact) mass is 515 g/mol. The van der Waals surface area contributed by atoms with E-state index in [-0.39, 0.29) is 28.4 Å². The van der Waals surface area contributed by atoms with Crippen LogP contribution in [0.5, 0.6) is 0 Å². The molecule has 1 aromatic heterocycles. The van der Waals surface area contributed by atoms with E-state index in [0.29, 0.717) is 5.56 Å². The highest BCUT2D eigenvalue weighted by molar-refractivity contribution is 7.92. The Balaban J connectivity index is 1.96. The number of alkyl halides is 3. The summed E-state index contributed by atoms with van der Waals surface area (Å²) in [6, 6.07) is 11.4. The molecule has 0 aliphatic carbocycles. The van der Waals surface area contributed by atoms with Gasteiger partial charge in [0.05, 0.1) is 24.4 Å². The standard InChI is InChI=1S/C22H18ClF4N3O3S/c1-34(32,33)30(12-16-17(23)3-2-4-18(16)24)15-8-5-13(6-9-15)20(21(28)31)14-7-10-19(29-11-14)22(25,26)27/h2-11,20H,12H2,1H3,(H2,28,31). The normalized spacial score (nSPS) is 12.9. The molecule has 0 bridgehead atoms. The zero-order chi connectivity index (χ0) is 25.3. The third-order valence-electron chi connectivity index (χ3n) is 4.97. The van der Waals surface area contributed by atoms with Crippen molar-refractivity contribution in [3.05, 3.63) is 94.0 Å². The van der Waals surface area contributed by atoms with Gasteiger partial charge in [-0.15, -0.1) is 0 Å². The summed E-state index contributed by atoms with van der Waals surface area (Å²) in [6.45, 7) is -0.383. The molecular weight excluding hydrogens is 498 g/mol. The lowest BCUT2D eigenvalue weighted by Gasteiger charge is -2.24. The quantitative estimate of drug-likeness (QED) is 0.470. The van der Waals surface area contributed by atoms with Crippen molar-refractivity contribution < 1.29 is 30.8 Å². The highest BCUT2D eigenvalue weighted by Crippen LogP contribution is 2.32. The molecule has 3 rings (SSSR count). The Morgan fingerprint density at radius 3 is 2.18 bits per heavy atom. The molecule has 2 aromatic carbocycles. The number of halogens is 5. The molecule has 1 amide bonds. The molecular formula is C22H18ClF4N3O3S. The van der Waals surface area contributed by atoms with Gasteiger partial charge in [0.1, 0.15) is 11.5 Å². The van der Waals surface area contributed by atoms with Crippen molar-refractivity contribution in [2.24, 2.45) is 5.73 Å². The number of anilines is 1. The molecule has 1 heterocycles. The van der Waals surface area contributed by atoms with E-state index in [9.17, 15) is 30.8 Å². The van der Waals surface area contributed by atoms with E-state index >= 15 is 0 Å². The number of carbonyl (C=O) groups is 1. The number of sulfonamides is 1. The van der Waals surface area contributed by atoms with E-state index in [1.54, 1.807) is 0 Å². The Labute approximate surface area is 198 Å². The number of nitrogens with zero attached hydrogens (tertiary/aromatic N) is 2. The van der Waals surface area contributed by atoms with Gasteiger partial charge in [0.15, 0.2) is 0 Å². The molecule has 0 fully saturated rings. The number of carbonyl (C=O) groups excluding carboxylic acids is 1. The van der Waals surface area contributed by atoms with Gasteiger partial charge >= 0.3 is 6.18 Å². The van der Waals surface area contributed by atoms with Crippen molar-refractivity contribution in [1.29, 1.82) is 0 Å². The molecule has 0 saturated heterocycles. The fourth-order valence-corrected chi connectivity index (χ4v) is 4.42. The smallest absolute Gasteiger partial charge is 0.369 e. The lowest BCUT2D eigenvalue weighted by molar-refractivity contribution is -0.141. The fraction of sp³-hybridized carbons (Fsp3) is 0.182. The minimum Gasteiger partial charge on any atom is -0.369 e. The minimum absolute atomic E-state index is 0.0236. The van der Waals surface area contributed by atoms with Gasteiger partial charge in [0.2, 0.25) is 15.9 Å². The molecule has 0 saturated carbocycles. The lowest BCUT2D eigenvalue weighted by atomic mass is 9.91. The molecule has 3 aromatic rings. The van der Waals surface area contributed by atoms with E-state index < -0.39 is 39.5 Å². The highest BCUT2D eigenvalue weighted by Gasteiger charge is 2.33. The van der Waals surface area contributed by atoms with Crippen LogP contribution in [0, 0.1) is 5.82 Å². The summed E-state index contributed by atoms with van der Waals surface area (Å²) in [5, 5.41) is 0.0499. The van der Waals surface area contributed by atoms with Gasteiger partial charge < -0.3 is 5.73 Å². The van der Waals surface area contributed by atoms with Crippen molar-refractivity contribution in [2.75, 3.05) is 10.6 Å². The maximum atomic E-state index is 14.2. The average Bonchev–Trinajstić information content (AvgIpc) is 2.73. The van der Waals surface area contributed by atoms with Crippen LogP contribution in [0.1, 0.15) is 28.3 Å². The van der Waals surface area contributed by atoms with Crippen molar-refractivity contribution in [1.82, 2.24) is 4.98 Å². The summed E-state index contributed by atoms with van der Waals surface area (Å²) < 4.78 is 78.3. The maximum Gasteiger partial charge on any atom is 0.433 e. The number of benzene rings is 2. The van der Waals surface area contributed by atoms with Crippen LogP contribution < -0.4 is 10.0 Å². The third kappa shape index (κ3) is 5.65. The molecule has 0 aliphatic rings. The van der Waals surface area contributed by atoms with Crippen molar-refractivity contribution in [3.63, 3.8) is 0 Å². The molecule has 0 radical (unpaired) electrons. The molecule has 0 aliphatic heterocycles. The first-order chi connectivity index (χ1) is 15.8. The van der Waals surface area contributed by atoms with Crippen LogP contribution in [0.25, 0.3) is 0 Å². The van der Waals surface area contributed by atoms with Gasteiger partial charge in [-0.2, -0.15) is 13.2 Å². The molecule has 1 unspecified atom stereocenters. The summed E-state index contributed by atoms with van der Waals surface area (Å²) in [5.41, 5.74) is 4.92. The van der Waals surface area contributed by atoms with Gasteiger partial charge in [0, 0.05) is 16.8 Å². The van der Waals surface area contributed by atoms with Crippen LogP contribution in [0.2, 0.25) is 5.02 Å². The van der Waals surface area contributed by atoms with Crippen molar-refractivity contribution in [2.45, 2.75) is 18.6 Å². The molecule has 180 valence electrons. The van der Waals surface area contributed by atoms with Crippen LogP contribution in [-0.4, -0.2) is 25.6 Å². The van der Waals surface area contributed by atoms with Crippen LogP contribution in [0.15, 0.2) is 60.8 Å². The molecule has 0 spiro atoms. The first-order valence-electron chi connectivity index (χ1n) is 9.62. The Morgan fingerprint density at radius 1 is 1.09 bits per heavy atom. The van der Waals surface area contributed by atoms with E-state index in [4.69, 9.17) is 17.3 Å². The second-order valence-corrected chi connectivity index (χ2v) is 9.69. The second kappa shape index (κ2) is 9.59. The zero-order valence-electron chi connectivity index (χ0n) is 17.6. The Morgan fingerprint density at radius 2 is 1.71 bits per heavy atom. The first-order valence-corrected chi connectivity index (χ1v) is 11.8. The number of rotatable bonds is 7. The van der Waals surface area contributed by atoms with Gasteiger partial charge in [-0.1, -0.05) is 35.9 Å². The molecule has 34 heavy (non-hydrogen) atoms. The highest BCUT2D eigenvalue weighted by atomic mass is 35.5. The summed E-state index contributed by atoms with van der Waals surface area (Å²) in [5.74, 6) is -2.65. The van der Waals surface area contributed by atoms with Crippen LogP contribution in [0.3, 0.4) is 0 Å². The number of hydrogen-bond acceptors (Lipinski definition) is 4. The summed E-state index contributed by atoms with van der Waals surface area (Å²) in [7, 11) is -3.87. The van der Waals surface area contributed by atoms with Gasteiger partial charge in [-0.25, -0.2) is 12.8 Å². The fourth-order valence-electron chi connectivity index (χ4n) is 3.32. The Bertz CT molecular complexity index is 1280. The van der Waals surface area contributed by atoms with E-state index in [1.807, 2.05) is 0 Å². The number of pyridine rings is 1. The number of aromatic nitrogens is 1. The number of nitrogens with two attached hydrogens (primary N) is 1. The largest absolute Gasteiger partial charge is 0.433 e. The Hall–Kier alpha value is -3.18. The number of primary amides is 1. The molecule has 6 nitrogen and oxygen atoms in total. The lowest BCUT2D eigenvalue weighted by Crippen LogP contribution is -2.30. The molecule has 12 heteroatoms. The van der Waals surface area contributed by atoms with E-state index in [1.165, 1.54) is 36.4 Å². The van der Waals surface area contributed by atoms with Crippen molar-refractivity contribution in [3.8, 4) is 0 Å². The van der Waals surface area contributed by atoms with Gasteiger partial charge in [0.25, 0.3) is 0 Å². The van der Waals surface area contributed by atoms with Crippen LogP contribution in [0.4, 0.5) is 23.2 Å². The van der Waals surface area contributed by atoms with Gasteiger partial charge in [-0.3, -0.25) is 14.1 Å². The van der Waals surface area contributed by atoms with Gasteiger partial charge in [-0.05, 0) is 41.5 Å². The first kappa shape index (κ1) is 25.4. The Kier molecular flexibility index (Phi) is 7.18. The SMILES string of the molecule is CS(=O)(=O)N(Cc1c(F)cccc1Cl)c1ccc(C(C(N)=O)c2ccc(C(F)(F)F)nc2)cc1. The third-order valence-corrected chi connectivity index (χ3v) is 6.47. The van der Waals surface area contributed by atoms with Crippen LogP contribution >= 0.6 is 11.6 Å². The zero-order valence-corrected chi connectivity index (χ0v) is 19.1. The van der Waals surface area contributed by atoms with E-state index in [2.05, 4.69) is 4.98 Å². The molecule has 2 N–H and O–H groups in total. The number of amides is 1. The summed E-state index contributed by atoms with van der Waals surface area (Å²) >= 11 is 6.03. The second-order valence-electron chi connectivity index (χ2n) is 7.37. The summed E-state index contributed by atoms with van der Waals surface area (Å²) in [4.78, 5) is 15.4. The van der Waals surface area contributed by atoms with Crippen molar-refractivity contribution >= 4 is 33.2 Å². The minimum atomic E-state index is -4.64.